The van der Waals surface area contributed by atoms with E-state index in [0.29, 0.717) is 18.2 Å². The van der Waals surface area contributed by atoms with Crippen molar-refractivity contribution in [1.29, 1.82) is 0 Å². The van der Waals surface area contributed by atoms with Crippen LogP contribution in [0, 0.1) is 11.7 Å². The number of rotatable bonds is 5. The van der Waals surface area contributed by atoms with E-state index in [1.165, 1.54) is 12.1 Å². The molecule has 2 aliphatic heterocycles. The van der Waals surface area contributed by atoms with E-state index in [4.69, 9.17) is 9.72 Å². The lowest BCUT2D eigenvalue weighted by atomic mass is 9.80. The number of hydrogen-bond acceptors (Lipinski definition) is 5. The Morgan fingerprint density at radius 2 is 1.88 bits per heavy atom. The van der Waals surface area contributed by atoms with Gasteiger partial charge in [-0.05, 0) is 62.8 Å². The van der Waals surface area contributed by atoms with E-state index in [1.54, 1.807) is 12.1 Å². The number of halogens is 1. The molecule has 6 nitrogen and oxygen atoms in total. The van der Waals surface area contributed by atoms with Gasteiger partial charge in [-0.25, -0.2) is 14.4 Å². The van der Waals surface area contributed by atoms with Gasteiger partial charge in [0.05, 0.1) is 12.3 Å². The summed E-state index contributed by atoms with van der Waals surface area (Å²) < 4.78 is 18.9. The van der Waals surface area contributed by atoms with Gasteiger partial charge in [-0.3, -0.25) is 4.79 Å². The molecule has 0 radical (unpaired) electrons. The molecule has 1 amide bonds. The molecule has 1 saturated heterocycles. The minimum absolute atomic E-state index is 0. The Kier molecular flexibility index (Phi) is 8.21. The van der Waals surface area contributed by atoms with E-state index in [-0.39, 0.29) is 46.2 Å². The number of anilines is 2. The number of carbonyl (C=O) groups excluding carboxylic acids is 1. The summed E-state index contributed by atoms with van der Waals surface area (Å²) in [7, 11) is 0. The van der Waals surface area contributed by atoms with Crippen molar-refractivity contribution >= 4 is 17.4 Å². The molecule has 2 fully saturated rings. The molecule has 1 aromatic carbocycles. The summed E-state index contributed by atoms with van der Waals surface area (Å²) in [6.45, 7) is 3.52. The van der Waals surface area contributed by atoms with Crippen molar-refractivity contribution in [3.63, 3.8) is 0 Å². The molecule has 7 heteroatoms. The topological polar surface area (TPSA) is 58.6 Å². The molecule has 3 heterocycles. The summed E-state index contributed by atoms with van der Waals surface area (Å²) in [4.78, 5) is 26.1. The quantitative estimate of drug-likeness (QED) is 0.630. The summed E-state index contributed by atoms with van der Waals surface area (Å²) in [5, 5.41) is 0. The molecule has 0 unspecified atom stereocenters. The third-order valence-electron chi connectivity index (χ3n) is 6.26. The summed E-state index contributed by atoms with van der Waals surface area (Å²) in [5.41, 5.74) is 0.838. The molecule has 3 aliphatic rings. The van der Waals surface area contributed by atoms with Crippen LogP contribution in [0.3, 0.4) is 0 Å². The first-order valence-corrected chi connectivity index (χ1v) is 10.5. The predicted molar refractivity (Wildman–Crippen MR) is 128 cm³/mol. The van der Waals surface area contributed by atoms with E-state index >= 15 is 0 Å². The first-order chi connectivity index (χ1) is 14.1. The molecule has 176 valence electrons. The number of benzene rings is 1. The highest BCUT2D eigenvalue weighted by Crippen LogP contribution is 2.39. The van der Waals surface area contributed by atoms with Gasteiger partial charge in [-0.1, -0.05) is 22.3 Å². The normalized spacial score (nSPS) is 23.1. The molecular formula is C25H37FN4O2. The molecule has 1 aliphatic carbocycles. The van der Waals surface area contributed by atoms with Gasteiger partial charge in [0.2, 0.25) is 5.91 Å². The lowest BCUT2D eigenvalue weighted by molar-refractivity contribution is -0.119. The van der Waals surface area contributed by atoms with Crippen LogP contribution < -0.4 is 14.5 Å². The van der Waals surface area contributed by atoms with Crippen LogP contribution in [0.4, 0.5) is 15.9 Å². The van der Waals surface area contributed by atoms with Gasteiger partial charge >= 0.3 is 0 Å². The Bertz CT molecular complexity index is 915. The maximum atomic E-state index is 13.0. The maximum absolute atomic E-state index is 13.0. The van der Waals surface area contributed by atoms with Crippen LogP contribution in [-0.4, -0.2) is 41.1 Å². The second-order valence-corrected chi connectivity index (χ2v) is 8.16. The summed E-state index contributed by atoms with van der Waals surface area (Å²) in [5.74, 6) is 2.87. The minimum Gasteiger partial charge on any atom is -0.490 e. The van der Waals surface area contributed by atoms with Crippen LogP contribution >= 0.6 is 0 Å². The summed E-state index contributed by atoms with van der Waals surface area (Å²) in [6, 6.07) is 6.11. The van der Waals surface area contributed by atoms with Gasteiger partial charge in [0.15, 0.2) is 5.82 Å². The van der Waals surface area contributed by atoms with Crippen molar-refractivity contribution in [3.05, 3.63) is 42.1 Å². The summed E-state index contributed by atoms with van der Waals surface area (Å²) >= 11 is 0. The average molecular weight is 445 g/mol. The molecule has 5 rings (SSSR count). The number of fused-ring (bicyclic) bond motifs is 3. The first-order valence-electron chi connectivity index (χ1n) is 10.5. The van der Waals surface area contributed by atoms with Gasteiger partial charge in [0, 0.05) is 19.5 Å². The highest BCUT2D eigenvalue weighted by Gasteiger charge is 2.41. The summed E-state index contributed by atoms with van der Waals surface area (Å²) in [6.07, 6.45) is 6.62. The number of likely N-dealkylation sites (N-methyl/N-ethyl adjacent to an activating group) is 1. The van der Waals surface area contributed by atoms with E-state index in [1.807, 2.05) is 18.0 Å². The van der Waals surface area contributed by atoms with Gasteiger partial charge in [-0.2, -0.15) is 0 Å². The minimum atomic E-state index is -0.253. The average Bonchev–Trinajstić information content (AvgIpc) is 3.19. The number of hydrogen-bond donors (Lipinski definition) is 0. The lowest BCUT2D eigenvalue weighted by Gasteiger charge is -2.38. The molecule has 0 bridgehead atoms. The SMILES string of the molecule is C.C.C.CCN1C(=O)[C@H]2CCCN2c2nc(CC3CC(Oc4ccc(F)cc4)C3)ncc21. The second kappa shape index (κ2) is 10.3. The Morgan fingerprint density at radius 1 is 1.16 bits per heavy atom. The first kappa shape index (κ1) is 25.6. The van der Waals surface area contributed by atoms with Crippen molar-refractivity contribution in [2.45, 2.75) is 73.5 Å². The number of nitrogens with zero attached hydrogens (tertiary/aromatic N) is 4. The smallest absolute Gasteiger partial charge is 0.249 e. The largest absolute Gasteiger partial charge is 0.490 e. The molecule has 0 N–H and O–H groups in total. The van der Waals surface area contributed by atoms with Gasteiger partial charge in [-0.15, -0.1) is 0 Å². The standard InChI is InChI=1S/C22H25FN4O2.3CH4/c1-2-26-19-13-24-20(25-21(19)27-9-3-4-18(27)22(26)28)12-14-10-17(11-14)29-16-7-5-15(23)6-8-16;;;/h5-8,13-14,17-18H,2-4,9-12H2,1H3;3*1H4/t14?,17?,18-;;;/m1.../s1. The fraction of sp³-hybridized carbons (Fsp3) is 0.560. The second-order valence-electron chi connectivity index (χ2n) is 8.16. The van der Waals surface area contributed by atoms with Crippen LogP contribution in [0.5, 0.6) is 5.75 Å². The van der Waals surface area contributed by atoms with E-state index in [0.717, 1.165) is 56.0 Å². The molecule has 2 aromatic rings. The van der Waals surface area contributed by atoms with Gasteiger partial charge in [0.1, 0.15) is 29.1 Å². The van der Waals surface area contributed by atoms with Crippen LogP contribution in [0.25, 0.3) is 0 Å². The Balaban J connectivity index is 0.00000121. The van der Waals surface area contributed by atoms with Gasteiger partial charge < -0.3 is 14.5 Å². The highest BCUT2D eigenvalue weighted by atomic mass is 19.1. The number of aromatic nitrogens is 2. The molecule has 1 atom stereocenters. The number of amides is 1. The monoisotopic (exact) mass is 444 g/mol. The lowest BCUT2D eigenvalue weighted by Crippen LogP contribution is -2.51. The molecule has 32 heavy (non-hydrogen) atoms. The highest BCUT2D eigenvalue weighted by molar-refractivity contribution is 6.04. The zero-order valence-corrected chi connectivity index (χ0v) is 16.6. The zero-order chi connectivity index (χ0) is 20.0. The van der Waals surface area contributed by atoms with E-state index in [2.05, 4.69) is 9.88 Å². The van der Waals surface area contributed by atoms with Crippen LogP contribution in [0.2, 0.25) is 0 Å². The fourth-order valence-electron chi connectivity index (χ4n) is 4.70. The molecule has 1 saturated carbocycles. The third-order valence-corrected chi connectivity index (χ3v) is 6.26. The molecule has 0 spiro atoms. The zero-order valence-electron chi connectivity index (χ0n) is 16.6. The Hall–Kier alpha value is -2.70. The van der Waals surface area contributed by atoms with Gasteiger partial charge in [0.25, 0.3) is 0 Å². The Labute approximate surface area is 191 Å². The van der Waals surface area contributed by atoms with Crippen molar-refractivity contribution in [1.82, 2.24) is 9.97 Å². The predicted octanol–water partition coefficient (Wildman–Crippen LogP) is 5.26. The fourth-order valence-corrected chi connectivity index (χ4v) is 4.70. The number of ether oxygens (including phenoxy) is 1. The van der Waals surface area contributed by atoms with Crippen molar-refractivity contribution < 1.29 is 13.9 Å². The molecule has 1 aromatic heterocycles. The van der Waals surface area contributed by atoms with Crippen LogP contribution in [0.1, 0.15) is 60.7 Å². The van der Waals surface area contributed by atoms with Crippen molar-refractivity contribution in [2.75, 3.05) is 22.9 Å². The maximum Gasteiger partial charge on any atom is 0.249 e. The molecular weight excluding hydrogens is 407 g/mol. The van der Waals surface area contributed by atoms with Crippen molar-refractivity contribution in [2.24, 2.45) is 5.92 Å². The Morgan fingerprint density at radius 3 is 2.56 bits per heavy atom. The van der Waals surface area contributed by atoms with E-state index < -0.39 is 0 Å². The van der Waals surface area contributed by atoms with E-state index in [9.17, 15) is 9.18 Å². The van der Waals surface area contributed by atoms with Crippen molar-refractivity contribution in [3.8, 4) is 5.75 Å². The van der Waals surface area contributed by atoms with Crippen LogP contribution in [-0.2, 0) is 11.2 Å². The van der Waals surface area contributed by atoms with Crippen LogP contribution in [0.15, 0.2) is 30.5 Å². The third kappa shape index (κ3) is 4.57. The number of carbonyl (C=O) groups is 1.